The molecule has 25 heavy (non-hydrogen) atoms. The van der Waals surface area contributed by atoms with Gasteiger partial charge in [0, 0.05) is 37.5 Å². The lowest BCUT2D eigenvalue weighted by atomic mass is 9.69. The fourth-order valence-electron chi connectivity index (χ4n) is 4.49. The Hall–Kier alpha value is -1.61. The average Bonchev–Trinajstić information content (AvgIpc) is 3.05. The second kappa shape index (κ2) is 5.20. The van der Waals surface area contributed by atoms with Crippen molar-refractivity contribution in [2.75, 3.05) is 33.2 Å². The van der Waals surface area contributed by atoms with Crippen LogP contribution in [0.15, 0.2) is 0 Å². The minimum absolute atomic E-state index is 0.00640. The predicted molar refractivity (Wildman–Crippen MR) is 84.1 cm³/mol. The molecule has 1 spiro atoms. The zero-order chi connectivity index (χ0) is 18.0. The van der Waals surface area contributed by atoms with Gasteiger partial charge >= 0.3 is 5.92 Å². The summed E-state index contributed by atoms with van der Waals surface area (Å²) in [5.74, 6) is -3.57. The van der Waals surface area contributed by atoms with Crippen molar-refractivity contribution < 1.29 is 18.7 Å². The lowest BCUT2D eigenvalue weighted by Gasteiger charge is -2.53. The van der Waals surface area contributed by atoms with Crippen LogP contribution in [0, 0.1) is 12.3 Å². The van der Waals surface area contributed by atoms with E-state index in [4.69, 9.17) is 0 Å². The number of aryl methyl sites for hydroxylation is 1. The molecule has 4 rings (SSSR count). The Morgan fingerprint density at radius 3 is 2.56 bits per heavy atom. The molecule has 1 amide bonds. The number of hydrogen-bond acceptors (Lipinski definition) is 5. The third kappa shape index (κ3) is 2.32. The molecule has 1 aromatic heterocycles. The molecule has 1 unspecified atom stereocenters. The quantitative estimate of drug-likeness (QED) is 0.826. The molecule has 2 aliphatic heterocycles. The summed E-state index contributed by atoms with van der Waals surface area (Å²) in [6, 6.07) is 0. The first-order valence-corrected chi connectivity index (χ1v) is 8.64. The number of aromatic amines is 1. The molecule has 138 valence electrons. The van der Waals surface area contributed by atoms with Crippen LogP contribution in [0.5, 0.6) is 0 Å². The first-order valence-electron chi connectivity index (χ1n) is 8.64. The van der Waals surface area contributed by atoms with Gasteiger partial charge in [-0.05, 0) is 33.2 Å². The highest BCUT2D eigenvalue weighted by atomic mass is 19.3. The fourth-order valence-corrected chi connectivity index (χ4v) is 4.49. The lowest BCUT2D eigenvalue weighted by molar-refractivity contribution is -0.229. The lowest BCUT2D eigenvalue weighted by Crippen LogP contribution is -2.69. The smallest absolute Gasteiger partial charge is 0.352 e. The van der Waals surface area contributed by atoms with Gasteiger partial charge in [0.2, 0.25) is 0 Å². The van der Waals surface area contributed by atoms with Crippen LogP contribution in [0.4, 0.5) is 8.78 Å². The van der Waals surface area contributed by atoms with E-state index in [2.05, 4.69) is 20.1 Å². The second-order valence-electron chi connectivity index (χ2n) is 8.01. The van der Waals surface area contributed by atoms with Crippen LogP contribution in [0.25, 0.3) is 0 Å². The monoisotopic (exact) mass is 355 g/mol. The van der Waals surface area contributed by atoms with Gasteiger partial charge in [0.1, 0.15) is 11.4 Å². The molecule has 0 aromatic carbocycles. The number of halogens is 2. The highest BCUT2D eigenvalue weighted by Crippen LogP contribution is 2.51. The number of likely N-dealkylation sites (tertiary alicyclic amines) is 2. The van der Waals surface area contributed by atoms with Crippen molar-refractivity contribution in [3.05, 3.63) is 11.6 Å². The Morgan fingerprint density at radius 1 is 1.36 bits per heavy atom. The van der Waals surface area contributed by atoms with E-state index in [1.807, 2.05) is 14.0 Å². The largest absolute Gasteiger partial charge is 0.383 e. The second-order valence-corrected chi connectivity index (χ2v) is 8.01. The first kappa shape index (κ1) is 16.8. The highest BCUT2D eigenvalue weighted by molar-refractivity contribution is 5.86. The number of nitrogens with one attached hydrogen (secondary N) is 1. The zero-order valence-electron chi connectivity index (χ0n) is 14.4. The predicted octanol–water partition coefficient (Wildman–Crippen LogP) is 0.521. The third-order valence-electron chi connectivity index (χ3n) is 6.08. The van der Waals surface area contributed by atoms with E-state index in [9.17, 15) is 18.7 Å². The maximum Gasteiger partial charge on any atom is 0.352 e. The molecule has 0 radical (unpaired) electrons. The van der Waals surface area contributed by atoms with E-state index < -0.39 is 17.4 Å². The summed E-state index contributed by atoms with van der Waals surface area (Å²) in [5.41, 5.74) is -2.46. The minimum atomic E-state index is -3.71. The summed E-state index contributed by atoms with van der Waals surface area (Å²) in [4.78, 5) is 20.0. The fraction of sp³-hybridized carbons (Fsp3) is 0.812. The highest BCUT2D eigenvalue weighted by Gasteiger charge is 2.66. The third-order valence-corrected chi connectivity index (χ3v) is 6.08. The van der Waals surface area contributed by atoms with Crippen LogP contribution in [-0.2, 0) is 4.79 Å². The molecule has 9 heteroatoms. The maximum atomic E-state index is 14.4. The van der Waals surface area contributed by atoms with E-state index in [0.29, 0.717) is 24.6 Å². The van der Waals surface area contributed by atoms with Gasteiger partial charge in [0.25, 0.3) is 5.91 Å². The van der Waals surface area contributed by atoms with Crippen molar-refractivity contribution in [2.45, 2.75) is 43.6 Å². The van der Waals surface area contributed by atoms with E-state index in [1.54, 1.807) is 0 Å². The number of likely N-dealkylation sites (N-methyl/N-ethyl adjacent to an activating group) is 1. The average molecular weight is 355 g/mol. The molecule has 7 nitrogen and oxygen atoms in total. The molecular weight excluding hydrogens is 332 g/mol. The number of alkyl halides is 2. The van der Waals surface area contributed by atoms with Crippen molar-refractivity contribution in [3.63, 3.8) is 0 Å². The maximum absolute atomic E-state index is 14.4. The molecule has 2 N–H and O–H groups in total. The van der Waals surface area contributed by atoms with Gasteiger partial charge in [-0.2, -0.15) is 13.9 Å². The van der Waals surface area contributed by atoms with E-state index in [0.717, 1.165) is 6.54 Å². The zero-order valence-corrected chi connectivity index (χ0v) is 14.4. The number of nitrogens with zero attached hydrogens (tertiary/aromatic N) is 4. The van der Waals surface area contributed by atoms with Gasteiger partial charge in [-0.15, -0.1) is 0 Å². The summed E-state index contributed by atoms with van der Waals surface area (Å²) in [6.45, 7) is 3.77. The number of H-pyrrole nitrogens is 1. The first-order chi connectivity index (χ1) is 11.7. The molecule has 1 saturated carbocycles. The van der Waals surface area contributed by atoms with Gasteiger partial charge in [0.15, 0.2) is 5.82 Å². The molecule has 1 aromatic rings. The van der Waals surface area contributed by atoms with Crippen LogP contribution in [0.3, 0.4) is 0 Å². The van der Waals surface area contributed by atoms with Crippen molar-refractivity contribution >= 4 is 5.91 Å². The summed E-state index contributed by atoms with van der Waals surface area (Å²) in [5, 5.41) is 17.0. The number of aromatic nitrogens is 3. The molecule has 3 heterocycles. The topological polar surface area (TPSA) is 85.3 Å². The van der Waals surface area contributed by atoms with Crippen LogP contribution >= 0.6 is 0 Å². The van der Waals surface area contributed by atoms with E-state index >= 15 is 0 Å². The summed E-state index contributed by atoms with van der Waals surface area (Å²) in [7, 11) is 1.97. The van der Waals surface area contributed by atoms with Gasteiger partial charge in [-0.25, -0.2) is 4.98 Å². The molecule has 3 aliphatic rings. The Balaban J connectivity index is 1.50. The van der Waals surface area contributed by atoms with Crippen molar-refractivity contribution in [2.24, 2.45) is 5.41 Å². The number of carbonyl (C=O) groups is 1. The molecule has 2 saturated heterocycles. The van der Waals surface area contributed by atoms with Crippen LogP contribution < -0.4 is 0 Å². The summed E-state index contributed by atoms with van der Waals surface area (Å²) >= 11 is 0. The number of carbonyl (C=O) groups excluding carboxylic acids is 1. The molecule has 3 fully saturated rings. The van der Waals surface area contributed by atoms with Crippen LogP contribution in [0.1, 0.15) is 36.8 Å². The van der Waals surface area contributed by atoms with E-state index in [1.165, 1.54) is 4.90 Å². The standard InChI is InChI=1S/C16H23F2N5O2/c1-10-19-12(21-20-10)11-6-22(2)7-14(11)8-23(9-14)13(24)16(17,18)15(25)4-3-5-15/h11,25H,3-9H2,1-2H3,(H,19,20,21). The Labute approximate surface area is 144 Å². The molecule has 1 atom stereocenters. The van der Waals surface area contributed by atoms with Crippen molar-refractivity contribution in [1.29, 1.82) is 0 Å². The number of amides is 1. The Morgan fingerprint density at radius 2 is 2.04 bits per heavy atom. The van der Waals surface area contributed by atoms with Crippen LogP contribution in [-0.4, -0.2) is 80.7 Å². The number of rotatable bonds is 3. The van der Waals surface area contributed by atoms with Crippen molar-refractivity contribution in [3.8, 4) is 0 Å². The Bertz CT molecular complexity index is 696. The molecular formula is C16H23F2N5O2. The molecule has 0 bridgehead atoms. The van der Waals surface area contributed by atoms with Crippen LogP contribution in [0.2, 0.25) is 0 Å². The van der Waals surface area contributed by atoms with Gasteiger partial charge < -0.3 is 14.9 Å². The normalized spacial score (nSPS) is 28.0. The minimum Gasteiger partial charge on any atom is -0.383 e. The van der Waals surface area contributed by atoms with Gasteiger partial charge in [0.05, 0.1) is 0 Å². The Kier molecular flexibility index (Phi) is 3.50. The number of hydrogen-bond donors (Lipinski definition) is 2. The van der Waals surface area contributed by atoms with E-state index in [-0.39, 0.29) is 37.3 Å². The van der Waals surface area contributed by atoms with Gasteiger partial charge in [-0.3, -0.25) is 9.89 Å². The molecule has 1 aliphatic carbocycles. The number of aliphatic hydroxyl groups is 1. The van der Waals surface area contributed by atoms with Crippen molar-refractivity contribution in [1.82, 2.24) is 25.0 Å². The summed E-state index contributed by atoms with van der Waals surface area (Å²) < 4.78 is 28.8. The van der Waals surface area contributed by atoms with Gasteiger partial charge in [-0.1, -0.05) is 0 Å². The summed E-state index contributed by atoms with van der Waals surface area (Å²) in [6.07, 6.45) is 0.486. The SMILES string of the molecule is Cc1nc(C2CN(C)CC23CN(C(=O)C(F)(F)C2(O)CCC2)C3)n[nH]1.